The Morgan fingerprint density at radius 3 is 2.48 bits per heavy atom. The molecule has 0 spiro atoms. The van der Waals surface area contributed by atoms with Crippen LogP contribution >= 0.6 is 0 Å². The lowest BCUT2D eigenvalue weighted by molar-refractivity contribution is -0.0171. The Morgan fingerprint density at radius 2 is 1.87 bits per heavy atom. The largest absolute Gasteiger partial charge is 0.470 e. The van der Waals surface area contributed by atoms with E-state index < -0.39 is 27.8 Å². The summed E-state index contributed by atoms with van der Waals surface area (Å²) in [7, 11) is -0.342. The molecule has 1 atom stereocenters. The summed E-state index contributed by atoms with van der Waals surface area (Å²) in [5.74, 6) is 0.512. The smallest absolute Gasteiger partial charge is 0.412 e. The van der Waals surface area contributed by atoms with Gasteiger partial charge in [-0.15, -0.1) is 0 Å². The normalized spacial score (nSPS) is 16.2. The quantitative estimate of drug-likeness (QED) is 0.753. The van der Waals surface area contributed by atoms with E-state index >= 15 is 0 Å². The number of sulfone groups is 1. The van der Waals surface area contributed by atoms with Gasteiger partial charge >= 0.3 is 6.09 Å². The van der Waals surface area contributed by atoms with E-state index in [9.17, 15) is 13.2 Å². The summed E-state index contributed by atoms with van der Waals surface area (Å²) >= 11 is 0. The van der Waals surface area contributed by atoms with E-state index in [1.807, 2.05) is 20.8 Å². The molecule has 2 aromatic rings. The van der Waals surface area contributed by atoms with Gasteiger partial charge in [0.15, 0.2) is 6.23 Å². The number of benzene rings is 2. The van der Waals surface area contributed by atoms with Crippen LogP contribution < -0.4 is 10.1 Å². The van der Waals surface area contributed by atoms with Crippen molar-refractivity contribution in [1.29, 1.82) is 0 Å². The summed E-state index contributed by atoms with van der Waals surface area (Å²) in [5, 5.41) is 3.05. The first-order chi connectivity index (χ1) is 14.5. The van der Waals surface area contributed by atoms with Gasteiger partial charge in [-0.05, 0) is 58.0 Å². The van der Waals surface area contributed by atoms with Gasteiger partial charge in [0.2, 0.25) is 9.84 Å². The zero-order chi connectivity index (χ0) is 22.8. The van der Waals surface area contributed by atoms with Crippen molar-refractivity contribution in [3.8, 4) is 5.75 Å². The summed E-state index contributed by atoms with van der Waals surface area (Å²) in [4.78, 5) is 14.4. The highest BCUT2D eigenvalue weighted by Crippen LogP contribution is 2.38. The predicted molar refractivity (Wildman–Crippen MR) is 118 cm³/mol. The standard InChI is InChI=1S/C23H30N2O5S/c1-23(2,3)30-22(26)25(5)20-14-12-16-11-13-19(18(15-24-4)21(16)29-20)31(27,28)17-9-7-6-8-10-17/h6-11,13,20,24H,12,14-15H2,1-5H3. The van der Waals surface area contributed by atoms with E-state index in [0.717, 1.165) is 5.56 Å². The Bertz CT molecular complexity index is 1050. The molecule has 7 nitrogen and oxygen atoms in total. The van der Waals surface area contributed by atoms with Crippen LogP contribution in [0.4, 0.5) is 4.79 Å². The molecule has 0 aliphatic carbocycles. The molecule has 1 unspecified atom stereocenters. The summed E-state index contributed by atoms with van der Waals surface area (Å²) in [6, 6.07) is 11.8. The van der Waals surface area contributed by atoms with Crippen molar-refractivity contribution in [2.24, 2.45) is 0 Å². The van der Waals surface area contributed by atoms with E-state index in [-0.39, 0.29) is 9.79 Å². The minimum atomic E-state index is -3.73. The van der Waals surface area contributed by atoms with Crippen molar-refractivity contribution >= 4 is 15.9 Å². The average molecular weight is 447 g/mol. The van der Waals surface area contributed by atoms with Gasteiger partial charge in [0.05, 0.1) is 9.79 Å². The SMILES string of the molecule is CNCc1c(S(=O)(=O)c2ccccc2)ccc2c1OC(N(C)C(=O)OC(C)(C)C)CC2. The molecule has 8 heteroatoms. The number of hydrogen-bond donors (Lipinski definition) is 1. The number of nitrogens with one attached hydrogen (secondary N) is 1. The second kappa shape index (κ2) is 8.88. The summed E-state index contributed by atoms with van der Waals surface area (Å²) in [6.07, 6.45) is 0.221. The predicted octanol–water partition coefficient (Wildman–Crippen LogP) is 3.76. The number of fused-ring (bicyclic) bond motifs is 1. The fourth-order valence-electron chi connectivity index (χ4n) is 3.52. The van der Waals surface area contributed by atoms with Crippen LogP contribution in [0.3, 0.4) is 0 Å². The highest BCUT2D eigenvalue weighted by Gasteiger charge is 2.33. The van der Waals surface area contributed by atoms with Crippen molar-refractivity contribution in [2.75, 3.05) is 14.1 Å². The Balaban J connectivity index is 1.99. The van der Waals surface area contributed by atoms with Crippen LogP contribution in [0.25, 0.3) is 0 Å². The number of amides is 1. The van der Waals surface area contributed by atoms with Crippen LogP contribution in [-0.2, 0) is 27.5 Å². The number of hydrogen-bond acceptors (Lipinski definition) is 6. The van der Waals surface area contributed by atoms with Crippen LogP contribution in [0, 0.1) is 0 Å². The second-order valence-corrected chi connectivity index (χ2v) is 10.5. The van der Waals surface area contributed by atoms with Crippen LogP contribution in [-0.4, -0.2) is 45.3 Å². The third-order valence-electron chi connectivity index (χ3n) is 5.02. The molecule has 0 saturated heterocycles. The first kappa shape index (κ1) is 23.1. The molecule has 0 bridgehead atoms. The summed E-state index contributed by atoms with van der Waals surface area (Å²) in [5.41, 5.74) is 0.865. The number of rotatable bonds is 5. The molecular formula is C23H30N2O5S. The third kappa shape index (κ3) is 5.02. The van der Waals surface area contributed by atoms with Crippen LogP contribution in [0.1, 0.15) is 38.3 Å². The van der Waals surface area contributed by atoms with Gasteiger partial charge in [-0.25, -0.2) is 13.2 Å². The van der Waals surface area contributed by atoms with Gasteiger partial charge in [-0.3, -0.25) is 4.90 Å². The summed E-state index contributed by atoms with van der Waals surface area (Å²) in [6.45, 7) is 5.73. The first-order valence-corrected chi connectivity index (χ1v) is 11.7. The van der Waals surface area contributed by atoms with Crippen LogP contribution in [0.5, 0.6) is 5.75 Å². The topological polar surface area (TPSA) is 84.9 Å². The zero-order valence-corrected chi connectivity index (χ0v) is 19.5. The minimum Gasteiger partial charge on any atom is -0.470 e. The van der Waals surface area contributed by atoms with E-state index in [2.05, 4.69) is 5.32 Å². The number of ether oxygens (including phenoxy) is 2. The molecule has 0 fully saturated rings. The third-order valence-corrected chi connectivity index (χ3v) is 6.88. The molecule has 1 N–H and O–H groups in total. The summed E-state index contributed by atoms with van der Waals surface area (Å²) < 4.78 is 38.3. The maximum atomic E-state index is 13.3. The fourth-order valence-corrected chi connectivity index (χ4v) is 5.03. The molecule has 1 aliphatic rings. The zero-order valence-electron chi connectivity index (χ0n) is 18.6. The van der Waals surface area contributed by atoms with Gasteiger partial charge in [0.25, 0.3) is 0 Å². The fraction of sp³-hybridized carbons (Fsp3) is 0.435. The highest BCUT2D eigenvalue weighted by atomic mass is 32.2. The molecule has 0 radical (unpaired) electrons. The molecule has 168 valence electrons. The Labute approximate surface area is 184 Å². The van der Waals surface area contributed by atoms with E-state index in [1.165, 1.54) is 4.90 Å². The van der Waals surface area contributed by atoms with Crippen LogP contribution in [0.2, 0.25) is 0 Å². The lowest BCUT2D eigenvalue weighted by Crippen LogP contribution is -2.45. The second-order valence-electron chi connectivity index (χ2n) is 8.58. The number of carbonyl (C=O) groups excluding carboxylic acids is 1. The number of aryl methyl sites for hydroxylation is 1. The van der Waals surface area contributed by atoms with Crippen LogP contribution in [0.15, 0.2) is 52.3 Å². The minimum absolute atomic E-state index is 0.201. The molecule has 0 aromatic heterocycles. The van der Waals surface area contributed by atoms with Gasteiger partial charge in [0.1, 0.15) is 11.4 Å². The van der Waals surface area contributed by atoms with Crippen molar-refractivity contribution in [2.45, 2.75) is 61.8 Å². The van der Waals surface area contributed by atoms with Crippen molar-refractivity contribution in [1.82, 2.24) is 10.2 Å². The molecule has 0 saturated carbocycles. The van der Waals surface area contributed by atoms with Gasteiger partial charge in [-0.1, -0.05) is 24.3 Å². The van der Waals surface area contributed by atoms with E-state index in [0.29, 0.717) is 30.7 Å². The molecule has 1 aliphatic heterocycles. The Morgan fingerprint density at radius 1 is 1.19 bits per heavy atom. The van der Waals surface area contributed by atoms with Gasteiger partial charge in [0, 0.05) is 25.6 Å². The lowest BCUT2D eigenvalue weighted by Gasteiger charge is -2.35. The van der Waals surface area contributed by atoms with Crippen molar-refractivity contribution < 1.29 is 22.7 Å². The number of carbonyl (C=O) groups is 1. The Kier molecular flexibility index (Phi) is 6.62. The molecule has 1 heterocycles. The van der Waals surface area contributed by atoms with Crippen molar-refractivity contribution in [3.05, 3.63) is 53.6 Å². The van der Waals surface area contributed by atoms with Gasteiger partial charge in [-0.2, -0.15) is 0 Å². The average Bonchev–Trinajstić information content (AvgIpc) is 2.72. The van der Waals surface area contributed by atoms with E-state index in [1.54, 1.807) is 56.6 Å². The van der Waals surface area contributed by atoms with Gasteiger partial charge < -0.3 is 14.8 Å². The molecule has 2 aromatic carbocycles. The highest BCUT2D eigenvalue weighted by molar-refractivity contribution is 7.91. The maximum Gasteiger partial charge on any atom is 0.412 e. The molecule has 1 amide bonds. The van der Waals surface area contributed by atoms with E-state index in [4.69, 9.17) is 9.47 Å². The lowest BCUT2D eigenvalue weighted by atomic mass is 10.0. The maximum absolute atomic E-state index is 13.3. The first-order valence-electron chi connectivity index (χ1n) is 10.3. The number of nitrogens with zero attached hydrogens (tertiary/aromatic N) is 1. The molecule has 3 rings (SSSR count). The van der Waals surface area contributed by atoms with Crippen molar-refractivity contribution in [3.63, 3.8) is 0 Å². The monoisotopic (exact) mass is 446 g/mol. The Hall–Kier alpha value is -2.58. The molecular weight excluding hydrogens is 416 g/mol. The molecule has 31 heavy (non-hydrogen) atoms.